The summed E-state index contributed by atoms with van der Waals surface area (Å²) in [6, 6.07) is 8.40. The van der Waals surface area contributed by atoms with Gasteiger partial charge in [0.15, 0.2) is 0 Å². The van der Waals surface area contributed by atoms with Gasteiger partial charge in [-0.05, 0) is 111 Å². The van der Waals surface area contributed by atoms with Crippen LogP contribution in [0.5, 0.6) is 17.2 Å². The Morgan fingerprint density at radius 1 is 0.902 bits per heavy atom. The van der Waals surface area contributed by atoms with Gasteiger partial charge in [0.1, 0.15) is 34.5 Å². The maximum Gasteiger partial charge on any atom is 0.204 e. The Morgan fingerprint density at radius 2 is 1.59 bits per heavy atom. The molecule has 0 radical (unpaired) electrons. The highest BCUT2D eigenvalue weighted by atomic mass is 16.3. The average Bonchev–Trinajstić information content (AvgIpc) is 3.47. The molecule has 12 heteroatoms. The number of hydrogen-bond donors (Lipinski definition) is 7. The van der Waals surface area contributed by atoms with Crippen molar-refractivity contribution in [2.75, 3.05) is 26.3 Å². The predicted molar refractivity (Wildman–Crippen MR) is 193 cm³/mol. The number of aliphatic hydroxyl groups excluding tert-OH is 3. The number of benzene rings is 2. The summed E-state index contributed by atoms with van der Waals surface area (Å²) in [4.78, 5) is 22.0. The minimum Gasteiger partial charge on any atom is -0.508 e. The standard InChI is InChI=1S/C20H34O4.C15H10O5.C4H10N2O/c1-17(11-21)15-4-3-13-9-14-10-19(13,7-8-20(14,24)12-22)18(15,2)6-5-16(17)23;16-9-3-1-8(2-4-9)11-7-20-13-6-10(17)5-12(18)14(13)15(11)19;1-3-6(4-2)5-7/h13-16,21-24H,3-12H2,1-2H3;1-7,16-18H;3-4H2,1-2H3/t13-,14+,15-,16+,17-,18-,19-,20-;;/m0../s1. The number of aromatic hydroxyl groups is 3. The van der Waals surface area contributed by atoms with Gasteiger partial charge in [-0.2, -0.15) is 0 Å². The smallest absolute Gasteiger partial charge is 0.204 e. The molecule has 8 atom stereocenters. The minimum absolute atomic E-state index is 0.00775. The van der Waals surface area contributed by atoms with Crippen LogP contribution in [0.1, 0.15) is 79.1 Å². The zero-order valence-electron chi connectivity index (χ0n) is 30.1. The molecule has 1 spiro atoms. The molecule has 280 valence electrons. The number of phenols is 3. The lowest BCUT2D eigenvalue weighted by Crippen LogP contribution is -2.63. The lowest BCUT2D eigenvalue weighted by molar-refractivity contribution is -0.216. The van der Waals surface area contributed by atoms with Crippen LogP contribution in [0.4, 0.5) is 0 Å². The molecular weight excluding hydrogens is 656 g/mol. The first-order valence-corrected chi connectivity index (χ1v) is 18.1. The number of phenolic OH excluding ortho intramolecular Hbond substituents is 3. The molecule has 7 N–H and O–H groups in total. The predicted octanol–water partition coefficient (Wildman–Crippen LogP) is 5.67. The number of aliphatic hydroxyl groups is 4. The Bertz CT molecular complexity index is 1740. The molecule has 51 heavy (non-hydrogen) atoms. The molecule has 2 aromatic carbocycles. The van der Waals surface area contributed by atoms with Gasteiger partial charge in [-0.15, -0.1) is 4.91 Å². The van der Waals surface area contributed by atoms with Gasteiger partial charge >= 0.3 is 0 Å². The van der Waals surface area contributed by atoms with Crippen molar-refractivity contribution in [1.82, 2.24) is 5.01 Å². The highest BCUT2D eigenvalue weighted by Crippen LogP contribution is 2.75. The van der Waals surface area contributed by atoms with Crippen LogP contribution in [-0.4, -0.2) is 78.8 Å². The quantitative estimate of drug-likeness (QED) is 0.123. The molecular formula is C39H54N2O10. The van der Waals surface area contributed by atoms with Crippen LogP contribution in [0.3, 0.4) is 0 Å². The van der Waals surface area contributed by atoms with E-state index in [4.69, 9.17) is 4.42 Å². The molecule has 1 aromatic heterocycles. The third-order valence-electron chi connectivity index (χ3n) is 13.4. The van der Waals surface area contributed by atoms with Gasteiger partial charge in [-0.25, -0.2) is 0 Å². The van der Waals surface area contributed by atoms with Crippen LogP contribution in [0.2, 0.25) is 0 Å². The van der Waals surface area contributed by atoms with Gasteiger partial charge in [-0.3, -0.25) is 9.80 Å². The first-order valence-electron chi connectivity index (χ1n) is 18.1. The van der Waals surface area contributed by atoms with Crippen molar-refractivity contribution in [3.8, 4) is 28.4 Å². The summed E-state index contributed by atoms with van der Waals surface area (Å²) in [7, 11) is 0. The first kappa shape index (κ1) is 38.5. The highest BCUT2D eigenvalue weighted by molar-refractivity contribution is 5.88. The molecule has 2 bridgehead atoms. The maximum absolute atomic E-state index is 12.4. The Kier molecular flexibility index (Phi) is 11.1. The van der Waals surface area contributed by atoms with E-state index < -0.39 is 22.5 Å². The molecule has 1 heterocycles. The van der Waals surface area contributed by atoms with E-state index in [2.05, 4.69) is 19.1 Å². The lowest BCUT2D eigenvalue weighted by Gasteiger charge is -2.66. The molecule has 4 saturated carbocycles. The van der Waals surface area contributed by atoms with Crippen molar-refractivity contribution in [3.05, 3.63) is 57.8 Å². The van der Waals surface area contributed by atoms with Crippen molar-refractivity contribution in [2.24, 2.45) is 39.3 Å². The maximum atomic E-state index is 12.4. The second kappa shape index (κ2) is 14.7. The van der Waals surface area contributed by atoms with Crippen molar-refractivity contribution >= 4 is 11.0 Å². The minimum atomic E-state index is -0.886. The number of hydrogen-bond acceptors (Lipinski definition) is 11. The first-order chi connectivity index (χ1) is 24.2. The van der Waals surface area contributed by atoms with Gasteiger partial charge < -0.3 is 40.2 Å². The molecule has 0 unspecified atom stereocenters. The summed E-state index contributed by atoms with van der Waals surface area (Å²) < 4.78 is 5.29. The Balaban J connectivity index is 0.000000169. The topological polar surface area (TPSA) is 204 Å². The van der Waals surface area contributed by atoms with E-state index in [9.17, 15) is 45.4 Å². The van der Waals surface area contributed by atoms with Crippen LogP contribution in [0.25, 0.3) is 22.1 Å². The Hall–Kier alpha value is -3.71. The SMILES string of the molecule is CCN(CC)N=O.C[C@@]1(CO)[C@H](O)CC[C@@]2(C)[C@H]1CC[C@H]1C[C@@H]3C[C@@]12CC[C@]3(O)CO.O=c1c(-c2ccc(O)cc2)coc2cc(O)cc(O)c12. The van der Waals surface area contributed by atoms with Crippen LogP contribution in [0, 0.1) is 38.9 Å². The third kappa shape index (κ3) is 6.60. The largest absolute Gasteiger partial charge is 0.508 e. The highest BCUT2D eigenvalue weighted by Gasteiger charge is 2.70. The molecule has 4 aliphatic carbocycles. The van der Waals surface area contributed by atoms with Crippen LogP contribution in [0.15, 0.2) is 57.2 Å². The second-order valence-corrected chi connectivity index (χ2v) is 15.6. The number of fused-ring (bicyclic) bond motifs is 3. The zero-order valence-corrected chi connectivity index (χ0v) is 30.1. The van der Waals surface area contributed by atoms with Gasteiger partial charge in [0.2, 0.25) is 5.43 Å². The number of nitrogens with zero attached hydrogens (tertiary/aromatic N) is 2. The third-order valence-corrected chi connectivity index (χ3v) is 13.4. The van der Waals surface area contributed by atoms with Crippen LogP contribution < -0.4 is 5.43 Å². The van der Waals surface area contributed by atoms with E-state index in [1.165, 1.54) is 29.5 Å². The van der Waals surface area contributed by atoms with E-state index in [-0.39, 0.29) is 63.7 Å². The summed E-state index contributed by atoms with van der Waals surface area (Å²) in [5.41, 5.74) is -0.427. The Morgan fingerprint density at radius 3 is 2.18 bits per heavy atom. The molecule has 4 aliphatic rings. The van der Waals surface area contributed by atoms with E-state index in [1.54, 1.807) is 12.1 Å². The van der Waals surface area contributed by atoms with E-state index in [0.717, 1.165) is 51.0 Å². The normalized spacial score (nSPS) is 33.5. The molecule has 7 rings (SSSR count). The van der Waals surface area contributed by atoms with Gasteiger partial charge in [0.05, 0.1) is 35.8 Å². The van der Waals surface area contributed by atoms with Gasteiger partial charge in [-0.1, -0.05) is 26.0 Å². The fraction of sp³-hybridized carbons (Fsp3) is 0.615. The molecule has 0 amide bonds. The fourth-order valence-corrected chi connectivity index (χ4v) is 10.3. The fourth-order valence-electron chi connectivity index (χ4n) is 10.3. The summed E-state index contributed by atoms with van der Waals surface area (Å²) in [5, 5.41) is 73.9. The van der Waals surface area contributed by atoms with E-state index >= 15 is 0 Å². The van der Waals surface area contributed by atoms with Crippen molar-refractivity contribution in [2.45, 2.75) is 90.8 Å². The number of rotatable bonds is 6. The zero-order chi connectivity index (χ0) is 37.4. The lowest BCUT2D eigenvalue weighted by atomic mass is 9.39. The molecule has 0 saturated heterocycles. The van der Waals surface area contributed by atoms with E-state index in [1.807, 2.05) is 13.8 Å². The van der Waals surface area contributed by atoms with E-state index in [0.29, 0.717) is 36.9 Å². The summed E-state index contributed by atoms with van der Waals surface area (Å²) in [6.45, 7) is 9.63. The van der Waals surface area contributed by atoms with Gasteiger partial charge in [0, 0.05) is 30.6 Å². The average molecular weight is 711 g/mol. The molecule has 0 aliphatic heterocycles. The molecule has 12 nitrogen and oxygen atoms in total. The van der Waals surface area contributed by atoms with Crippen molar-refractivity contribution in [3.63, 3.8) is 0 Å². The Labute approximate surface area is 298 Å². The van der Waals surface area contributed by atoms with Crippen molar-refractivity contribution < 1.29 is 40.2 Å². The molecule has 3 aromatic rings. The summed E-state index contributed by atoms with van der Waals surface area (Å²) in [6.07, 6.45) is 8.59. The van der Waals surface area contributed by atoms with Gasteiger partial charge in [0.25, 0.3) is 0 Å². The monoisotopic (exact) mass is 710 g/mol. The summed E-state index contributed by atoms with van der Waals surface area (Å²) >= 11 is 0. The summed E-state index contributed by atoms with van der Waals surface area (Å²) in [5.74, 6) is 0.747. The number of nitroso groups, excluding NO2 is 1. The van der Waals surface area contributed by atoms with Crippen molar-refractivity contribution in [1.29, 1.82) is 0 Å². The van der Waals surface area contributed by atoms with Crippen LogP contribution >= 0.6 is 0 Å². The van der Waals surface area contributed by atoms with Crippen LogP contribution in [-0.2, 0) is 0 Å². The second-order valence-electron chi connectivity index (χ2n) is 15.6. The molecule has 4 fully saturated rings.